The molecule has 5 heteroatoms. The van der Waals surface area contributed by atoms with Crippen molar-refractivity contribution in [2.75, 3.05) is 14.2 Å². The third kappa shape index (κ3) is 3.58. The summed E-state index contributed by atoms with van der Waals surface area (Å²) in [5.41, 5.74) is 1.99. The molecule has 1 aromatic carbocycles. The van der Waals surface area contributed by atoms with Crippen molar-refractivity contribution in [2.24, 2.45) is 0 Å². The smallest absolute Gasteiger partial charge is 0.183 e. The lowest BCUT2D eigenvalue weighted by Crippen LogP contribution is -1.97. The van der Waals surface area contributed by atoms with Gasteiger partial charge in [-0.25, -0.2) is 0 Å². The van der Waals surface area contributed by atoms with Crippen LogP contribution in [0.2, 0.25) is 0 Å². The quantitative estimate of drug-likeness (QED) is 0.593. The first-order chi connectivity index (χ1) is 9.78. The summed E-state index contributed by atoms with van der Waals surface area (Å²) >= 11 is 7.48. The third-order valence-corrected chi connectivity index (χ3v) is 4.15. The molecule has 0 atom stereocenters. The number of methoxy groups -OCH3 is 2. The summed E-state index contributed by atoms with van der Waals surface area (Å²) in [6, 6.07) is 9.99. The van der Waals surface area contributed by atoms with Gasteiger partial charge in [-0.3, -0.25) is 4.98 Å². The fourth-order valence-corrected chi connectivity index (χ4v) is 2.80. The summed E-state index contributed by atoms with van der Waals surface area (Å²) in [4.78, 5) is 5.53. The SMILES string of the molecule is COc1ccnc(CSc2ccc(CCl)cc2)c1OC. The molecule has 1 heterocycles. The Kier molecular flexibility index (Phi) is 5.56. The van der Waals surface area contributed by atoms with Crippen LogP contribution >= 0.6 is 23.4 Å². The number of benzene rings is 1. The Morgan fingerprint density at radius 3 is 2.45 bits per heavy atom. The normalized spacial score (nSPS) is 10.3. The second-order valence-electron chi connectivity index (χ2n) is 4.06. The monoisotopic (exact) mass is 309 g/mol. The van der Waals surface area contributed by atoms with E-state index in [0.717, 1.165) is 17.0 Å². The van der Waals surface area contributed by atoms with E-state index in [2.05, 4.69) is 17.1 Å². The van der Waals surface area contributed by atoms with Crippen LogP contribution in [0.4, 0.5) is 0 Å². The van der Waals surface area contributed by atoms with Gasteiger partial charge in [0.2, 0.25) is 0 Å². The molecular formula is C15H16ClNO2S. The van der Waals surface area contributed by atoms with E-state index in [0.29, 0.717) is 17.4 Å². The number of thioether (sulfide) groups is 1. The van der Waals surface area contributed by atoms with Crippen molar-refractivity contribution in [2.45, 2.75) is 16.5 Å². The van der Waals surface area contributed by atoms with E-state index in [1.165, 1.54) is 4.90 Å². The van der Waals surface area contributed by atoms with Crippen molar-refractivity contribution in [3.05, 3.63) is 47.8 Å². The summed E-state index contributed by atoms with van der Waals surface area (Å²) in [5, 5.41) is 0. The molecule has 2 rings (SSSR count). The van der Waals surface area contributed by atoms with Crippen molar-refractivity contribution >= 4 is 23.4 Å². The van der Waals surface area contributed by atoms with E-state index in [-0.39, 0.29) is 0 Å². The Bertz CT molecular complexity index is 560. The molecule has 0 amide bonds. The van der Waals surface area contributed by atoms with Crippen molar-refractivity contribution in [3.8, 4) is 11.5 Å². The largest absolute Gasteiger partial charge is 0.493 e. The van der Waals surface area contributed by atoms with Gasteiger partial charge < -0.3 is 9.47 Å². The van der Waals surface area contributed by atoms with Crippen molar-refractivity contribution < 1.29 is 9.47 Å². The molecule has 0 saturated carbocycles. The van der Waals surface area contributed by atoms with E-state index in [1.54, 1.807) is 38.2 Å². The third-order valence-electron chi connectivity index (χ3n) is 2.82. The van der Waals surface area contributed by atoms with Crippen LogP contribution in [0.3, 0.4) is 0 Å². The molecule has 20 heavy (non-hydrogen) atoms. The second kappa shape index (κ2) is 7.41. The Labute approximate surface area is 128 Å². The van der Waals surface area contributed by atoms with E-state index in [4.69, 9.17) is 21.1 Å². The van der Waals surface area contributed by atoms with Crippen LogP contribution in [-0.2, 0) is 11.6 Å². The van der Waals surface area contributed by atoms with Crippen molar-refractivity contribution in [1.29, 1.82) is 0 Å². The Balaban J connectivity index is 2.10. The van der Waals surface area contributed by atoms with E-state index < -0.39 is 0 Å². The number of pyridine rings is 1. The molecule has 106 valence electrons. The summed E-state index contributed by atoms with van der Waals surface area (Å²) in [6.45, 7) is 0. The van der Waals surface area contributed by atoms with Crippen LogP contribution in [0.1, 0.15) is 11.3 Å². The van der Waals surface area contributed by atoms with Crippen LogP contribution < -0.4 is 9.47 Å². The number of halogens is 1. The number of alkyl halides is 1. The van der Waals surface area contributed by atoms with Crippen LogP contribution in [0.5, 0.6) is 11.5 Å². The Morgan fingerprint density at radius 1 is 1.10 bits per heavy atom. The molecular weight excluding hydrogens is 294 g/mol. The summed E-state index contributed by atoms with van der Waals surface area (Å²) in [5.74, 6) is 2.66. The molecule has 0 aliphatic heterocycles. The predicted octanol–water partition coefficient (Wildman–Crippen LogP) is 4.13. The minimum Gasteiger partial charge on any atom is -0.493 e. The molecule has 0 aliphatic rings. The van der Waals surface area contributed by atoms with Crippen LogP contribution in [0.15, 0.2) is 41.4 Å². The highest BCUT2D eigenvalue weighted by molar-refractivity contribution is 7.98. The summed E-state index contributed by atoms with van der Waals surface area (Å²) in [7, 11) is 3.25. The van der Waals surface area contributed by atoms with E-state index >= 15 is 0 Å². The van der Waals surface area contributed by atoms with Gasteiger partial charge in [-0.05, 0) is 17.7 Å². The molecule has 0 saturated heterocycles. The molecule has 0 fully saturated rings. The lowest BCUT2D eigenvalue weighted by atomic mass is 10.2. The maximum atomic E-state index is 5.78. The van der Waals surface area contributed by atoms with Gasteiger partial charge in [-0.1, -0.05) is 12.1 Å². The molecule has 1 aromatic heterocycles. The van der Waals surface area contributed by atoms with E-state index in [1.807, 2.05) is 12.1 Å². The number of hydrogen-bond acceptors (Lipinski definition) is 4. The van der Waals surface area contributed by atoms with Crippen LogP contribution in [-0.4, -0.2) is 19.2 Å². The lowest BCUT2D eigenvalue weighted by molar-refractivity contribution is 0.350. The topological polar surface area (TPSA) is 31.4 Å². The average Bonchev–Trinajstić information content (AvgIpc) is 2.52. The van der Waals surface area contributed by atoms with Gasteiger partial charge >= 0.3 is 0 Å². The highest BCUT2D eigenvalue weighted by atomic mass is 35.5. The first kappa shape index (κ1) is 15.0. The Hall–Kier alpha value is -1.39. The number of rotatable bonds is 6. The van der Waals surface area contributed by atoms with Gasteiger partial charge in [0.1, 0.15) is 0 Å². The lowest BCUT2D eigenvalue weighted by Gasteiger charge is -2.11. The Morgan fingerprint density at radius 2 is 1.85 bits per heavy atom. The minimum atomic E-state index is 0.538. The van der Waals surface area contributed by atoms with Crippen LogP contribution in [0, 0.1) is 0 Å². The average molecular weight is 310 g/mol. The first-order valence-corrected chi connectivity index (χ1v) is 7.64. The van der Waals surface area contributed by atoms with Crippen LogP contribution in [0.25, 0.3) is 0 Å². The predicted molar refractivity (Wildman–Crippen MR) is 82.9 cm³/mol. The molecule has 0 aliphatic carbocycles. The molecule has 3 nitrogen and oxygen atoms in total. The highest BCUT2D eigenvalue weighted by Crippen LogP contribution is 2.33. The summed E-state index contributed by atoms with van der Waals surface area (Å²) < 4.78 is 10.6. The van der Waals surface area contributed by atoms with Gasteiger partial charge in [-0.2, -0.15) is 0 Å². The number of ether oxygens (including phenoxy) is 2. The highest BCUT2D eigenvalue weighted by Gasteiger charge is 2.11. The number of nitrogens with zero attached hydrogens (tertiary/aromatic N) is 1. The second-order valence-corrected chi connectivity index (χ2v) is 5.38. The fourth-order valence-electron chi connectivity index (χ4n) is 1.78. The first-order valence-electron chi connectivity index (χ1n) is 6.12. The molecule has 0 bridgehead atoms. The minimum absolute atomic E-state index is 0.538. The molecule has 2 aromatic rings. The van der Waals surface area contributed by atoms with E-state index in [9.17, 15) is 0 Å². The number of aromatic nitrogens is 1. The molecule has 0 unspecified atom stereocenters. The molecule has 0 radical (unpaired) electrons. The van der Waals surface area contributed by atoms with Gasteiger partial charge in [-0.15, -0.1) is 23.4 Å². The zero-order chi connectivity index (χ0) is 14.4. The standard InChI is InChI=1S/C15H16ClNO2S/c1-18-14-7-8-17-13(15(14)19-2)10-20-12-5-3-11(9-16)4-6-12/h3-8H,9-10H2,1-2H3. The zero-order valence-electron chi connectivity index (χ0n) is 11.4. The van der Waals surface area contributed by atoms with Gasteiger partial charge in [0.05, 0.1) is 19.9 Å². The summed E-state index contributed by atoms with van der Waals surface area (Å²) in [6.07, 6.45) is 1.73. The zero-order valence-corrected chi connectivity index (χ0v) is 13.0. The molecule has 0 N–H and O–H groups in total. The maximum absolute atomic E-state index is 5.78. The van der Waals surface area contributed by atoms with Crippen molar-refractivity contribution in [1.82, 2.24) is 4.98 Å². The number of hydrogen-bond donors (Lipinski definition) is 0. The van der Waals surface area contributed by atoms with Gasteiger partial charge in [0.25, 0.3) is 0 Å². The molecule has 0 spiro atoms. The fraction of sp³-hybridized carbons (Fsp3) is 0.267. The van der Waals surface area contributed by atoms with Gasteiger partial charge in [0, 0.05) is 28.8 Å². The maximum Gasteiger partial charge on any atom is 0.183 e. The van der Waals surface area contributed by atoms with Crippen molar-refractivity contribution in [3.63, 3.8) is 0 Å². The van der Waals surface area contributed by atoms with Gasteiger partial charge in [0.15, 0.2) is 11.5 Å².